The van der Waals surface area contributed by atoms with Crippen LogP contribution in [0.15, 0.2) is 18.2 Å². The first-order chi connectivity index (χ1) is 9.97. The average molecular weight is 315 g/mol. The molecule has 2 atom stereocenters. The molecule has 1 aromatic rings. The number of halogens is 2. The van der Waals surface area contributed by atoms with Gasteiger partial charge < -0.3 is 15.7 Å². The second-order valence-electron chi connectivity index (χ2n) is 5.01. The fourth-order valence-electron chi connectivity index (χ4n) is 2.28. The highest BCUT2D eigenvalue weighted by molar-refractivity contribution is 6.40. The van der Waals surface area contributed by atoms with Gasteiger partial charge in [-0.2, -0.15) is 0 Å². The molecule has 2 amide bonds. The van der Waals surface area contributed by atoms with Gasteiger partial charge in [-0.3, -0.25) is 9.59 Å². The molecule has 114 valence electrons. The number of hydrogen-bond donors (Lipinski definition) is 3. The van der Waals surface area contributed by atoms with Crippen molar-refractivity contribution < 1.29 is 19.1 Å². The van der Waals surface area contributed by atoms with Crippen LogP contribution < -0.4 is 10.6 Å². The molecule has 0 heterocycles. The van der Waals surface area contributed by atoms with Crippen LogP contribution in [0.5, 0.6) is 0 Å². The Bertz CT molecular complexity index is 553. The highest BCUT2D eigenvalue weighted by Gasteiger charge is 2.26. The van der Waals surface area contributed by atoms with Gasteiger partial charge in [0.2, 0.25) is 0 Å². The van der Waals surface area contributed by atoms with E-state index in [9.17, 15) is 19.1 Å². The summed E-state index contributed by atoms with van der Waals surface area (Å²) in [5, 5.41) is 14.4. The normalized spacial score (nSPS) is 21.7. The van der Waals surface area contributed by atoms with Gasteiger partial charge in [0, 0.05) is 5.69 Å². The lowest BCUT2D eigenvalue weighted by Gasteiger charge is -2.27. The maximum Gasteiger partial charge on any atom is 0.313 e. The number of aliphatic hydroxyl groups excluding tert-OH is 1. The highest BCUT2D eigenvalue weighted by atomic mass is 35.5. The summed E-state index contributed by atoms with van der Waals surface area (Å²) in [6, 6.07) is 3.22. The first-order valence-corrected chi connectivity index (χ1v) is 7.10. The molecule has 3 N–H and O–H groups in total. The Balaban J connectivity index is 1.93. The van der Waals surface area contributed by atoms with Crippen LogP contribution in [0.1, 0.15) is 25.7 Å². The van der Waals surface area contributed by atoms with Crippen LogP contribution in [-0.2, 0) is 9.59 Å². The standard InChI is InChI=1S/C14H16ClFN2O3/c15-9-7-8(5-6-10(9)16)17-13(20)14(21)18-11-3-1-2-4-12(11)19/h5-7,11-12,19H,1-4H2,(H,17,20)(H,18,21). The van der Waals surface area contributed by atoms with Crippen molar-refractivity contribution in [2.75, 3.05) is 5.32 Å². The van der Waals surface area contributed by atoms with Gasteiger partial charge in [-0.25, -0.2) is 4.39 Å². The third-order valence-corrected chi connectivity index (χ3v) is 3.72. The van der Waals surface area contributed by atoms with E-state index in [1.54, 1.807) is 0 Å². The molecule has 1 aromatic carbocycles. The molecule has 7 heteroatoms. The van der Waals surface area contributed by atoms with E-state index in [0.29, 0.717) is 12.8 Å². The second kappa shape index (κ2) is 6.87. The number of aliphatic hydroxyl groups is 1. The molecule has 0 spiro atoms. The van der Waals surface area contributed by atoms with E-state index in [-0.39, 0.29) is 10.7 Å². The third-order valence-electron chi connectivity index (χ3n) is 3.43. The summed E-state index contributed by atoms with van der Waals surface area (Å²) in [4.78, 5) is 23.5. The fourth-order valence-corrected chi connectivity index (χ4v) is 2.46. The van der Waals surface area contributed by atoms with Gasteiger partial charge in [0.25, 0.3) is 0 Å². The van der Waals surface area contributed by atoms with E-state index < -0.39 is 29.8 Å². The molecule has 21 heavy (non-hydrogen) atoms. The molecule has 0 radical (unpaired) electrons. The molecular weight excluding hydrogens is 299 g/mol. The minimum Gasteiger partial charge on any atom is -0.391 e. The van der Waals surface area contributed by atoms with Crippen LogP contribution in [0.2, 0.25) is 5.02 Å². The van der Waals surface area contributed by atoms with Crippen LogP contribution in [-0.4, -0.2) is 29.1 Å². The van der Waals surface area contributed by atoms with E-state index in [0.717, 1.165) is 18.9 Å². The van der Waals surface area contributed by atoms with Gasteiger partial charge in [0.05, 0.1) is 17.2 Å². The topological polar surface area (TPSA) is 78.4 Å². The zero-order valence-electron chi connectivity index (χ0n) is 11.2. The predicted molar refractivity (Wildman–Crippen MR) is 76.4 cm³/mol. The van der Waals surface area contributed by atoms with Crippen LogP contribution in [0.4, 0.5) is 10.1 Å². The minimum absolute atomic E-state index is 0.143. The molecule has 1 saturated carbocycles. The van der Waals surface area contributed by atoms with Crippen LogP contribution in [0.25, 0.3) is 0 Å². The Morgan fingerprint density at radius 3 is 2.62 bits per heavy atom. The quantitative estimate of drug-likeness (QED) is 0.729. The Hall–Kier alpha value is -1.66. The van der Waals surface area contributed by atoms with Crippen LogP contribution in [0.3, 0.4) is 0 Å². The van der Waals surface area contributed by atoms with Crippen LogP contribution >= 0.6 is 11.6 Å². The summed E-state index contributed by atoms with van der Waals surface area (Å²) in [5.41, 5.74) is 0.228. The predicted octanol–water partition coefficient (Wildman–Crippen LogP) is 1.84. The van der Waals surface area contributed by atoms with E-state index in [1.165, 1.54) is 12.1 Å². The molecule has 1 fully saturated rings. The number of amides is 2. The van der Waals surface area contributed by atoms with Gasteiger partial charge >= 0.3 is 11.8 Å². The largest absolute Gasteiger partial charge is 0.391 e. The van der Waals surface area contributed by atoms with E-state index in [1.807, 2.05) is 0 Å². The lowest BCUT2D eigenvalue weighted by Crippen LogP contribution is -2.48. The highest BCUT2D eigenvalue weighted by Crippen LogP contribution is 2.20. The van der Waals surface area contributed by atoms with Gasteiger partial charge in [-0.05, 0) is 31.0 Å². The lowest BCUT2D eigenvalue weighted by molar-refractivity contribution is -0.137. The summed E-state index contributed by atoms with van der Waals surface area (Å²) < 4.78 is 13.0. The van der Waals surface area contributed by atoms with E-state index in [4.69, 9.17) is 11.6 Å². The van der Waals surface area contributed by atoms with Gasteiger partial charge in [0.15, 0.2) is 0 Å². The minimum atomic E-state index is -0.879. The second-order valence-corrected chi connectivity index (χ2v) is 5.42. The Labute approximate surface area is 126 Å². The Morgan fingerprint density at radius 2 is 1.95 bits per heavy atom. The summed E-state index contributed by atoms with van der Waals surface area (Å²) in [5.74, 6) is -2.32. The average Bonchev–Trinajstić information content (AvgIpc) is 2.45. The number of anilines is 1. The SMILES string of the molecule is O=C(Nc1ccc(F)c(Cl)c1)C(=O)NC1CCCCC1O. The molecule has 5 nitrogen and oxygen atoms in total. The first-order valence-electron chi connectivity index (χ1n) is 6.72. The molecule has 0 aromatic heterocycles. The maximum absolute atomic E-state index is 13.0. The maximum atomic E-state index is 13.0. The van der Waals surface area contributed by atoms with Gasteiger partial charge in [0.1, 0.15) is 5.82 Å². The molecule has 1 aliphatic carbocycles. The van der Waals surface area contributed by atoms with Gasteiger partial charge in [-0.1, -0.05) is 24.4 Å². The number of carbonyl (C=O) groups excluding carboxylic acids is 2. The number of benzene rings is 1. The van der Waals surface area contributed by atoms with Crippen molar-refractivity contribution in [3.05, 3.63) is 29.0 Å². The third kappa shape index (κ3) is 4.15. The van der Waals surface area contributed by atoms with E-state index >= 15 is 0 Å². The van der Waals surface area contributed by atoms with Crippen molar-refractivity contribution in [2.45, 2.75) is 37.8 Å². The number of hydrogen-bond acceptors (Lipinski definition) is 3. The first kappa shape index (κ1) is 15.7. The number of rotatable bonds is 2. The summed E-state index contributed by atoms with van der Waals surface area (Å²) in [7, 11) is 0. The number of nitrogens with one attached hydrogen (secondary N) is 2. The lowest BCUT2D eigenvalue weighted by atomic mass is 9.92. The fraction of sp³-hybridized carbons (Fsp3) is 0.429. The monoisotopic (exact) mass is 314 g/mol. The molecule has 2 unspecified atom stereocenters. The molecule has 0 aliphatic heterocycles. The zero-order chi connectivity index (χ0) is 15.4. The Kier molecular flexibility index (Phi) is 5.14. The van der Waals surface area contributed by atoms with Crippen molar-refractivity contribution in [3.8, 4) is 0 Å². The van der Waals surface area contributed by atoms with Crippen molar-refractivity contribution in [1.29, 1.82) is 0 Å². The summed E-state index contributed by atoms with van der Waals surface area (Å²) in [6.07, 6.45) is 2.43. The summed E-state index contributed by atoms with van der Waals surface area (Å²) in [6.45, 7) is 0. The Morgan fingerprint density at radius 1 is 1.24 bits per heavy atom. The number of carbonyl (C=O) groups is 2. The molecule has 0 bridgehead atoms. The molecule has 1 aliphatic rings. The van der Waals surface area contributed by atoms with Crippen molar-refractivity contribution in [2.24, 2.45) is 0 Å². The molecular formula is C14H16ClFN2O3. The zero-order valence-corrected chi connectivity index (χ0v) is 12.0. The van der Waals surface area contributed by atoms with E-state index in [2.05, 4.69) is 10.6 Å². The van der Waals surface area contributed by atoms with Crippen LogP contribution in [0, 0.1) is 5.82 Å². The van der Waals surface area contributed by atoms with Crippen molar-refractivity contribution >= 4 is 29.1 Å². The van der Waals surface area contributed by atoms with Gasteiger partial charge in [-0.15, -0.1) is 0 Å². The van der Waals surface area contributed by atoms with Crippen molar-refractivity contribution in [1.82, 2.24) is 5.32 Å². The molecule has 2 rings (SSSR count). The van der Waals surface area contributed by atoms with Crippen molar-refractivity contribution in [3.63, 3.8) is 0 Å². The molecule has 0 saturated heterocycles. The smallest absolute Gasteiger partial charge is 0.313 e. The summed E-state index contributed by atoms with van der Waals surface area (Å²) >= 11 is 5.59.